The smallest absolute Gasteiger partial charge is 0.145 e. The Balaban J connectivity index is 2.11. The Labute approximate surface area is 115 Å². The Hall–Kier alpha value is -1.39. The van der Waals surface area contributed by atoms with Gasteiger partial charge in [0.25, 0.3) is 0 Å². The van der Waals surface area contributed by atoms with E-state index in [-0.39, 0.29) is 6.04 Å². The van der Waals surface area contributed by atoms with Crippen molar-refractivity contribution in [1.82, 2.24) is 4.98 Å². The minimum atomic E-state index is -0.00933. The summed E-state index contributed by atoms with van der Waals surface area (Å²) in [7, 11) is 0. The van der Waals surface area contributed by atoms with Crippen LogP contribution in [-0.2, 0) is 0 Å². The molecule has 1 aromatic heterocycles. The van der Waals surface area contributed by atoms with Gasteiger partial charge in [0.05, 0.1) is 11.9 Å². The van der Waals surface area contributed by atoms with Gasteiger partial charge in [0, 0.05) is 10.5 Å². The second-order valence-corrected chi connectivity index (χ2v) is 4.91. The monoisotopic (exact) mass is 306 g/mol. The van der Waals surface area contributed by atoms with Gasteiger partial charge < -0.3 is 10.5 Å². The fourth-order valence-electron chi connectivity index (χ4n) is 1.55. The highest BCUT2D eigenvalue weighted by molar-refractivity contribution is 9.10. The molecule has 2 rings (SSSR count). The fourth-order valence-corrected chi connectivity index (χ4v) is 1.93. The average Bonchev–Trinajstić information content (AvgIpc) is 2.39. The first kappa shape index (κ1) is 13.1. The standard InChI is InChI=1S/C14H15BrN2O/c1-2-13(16)14-7-6-12(9-17-14)18-11-5-3-4-10(15)8-11/h3-9,13H,2,16H2,1H3/t13-/m1/s1. The molecule has 3 nitrogen and oxygen atoms in total. The third-order valence-corrected chi connectivity index (χ3v) is 3.10. The molecule has 1 atom stereocenters. The lowest BCUT2D eigenvalue weighted by Gasteiger charge is -2.09. The van der Waals surface area contributed by atoms with Gasteiger partial charge in [-0.05, 0) is 36.8 Å². The van der Waals surface area contributed by atoms with Crippen molar-refractivity contribution in [2.24, 2.45) is 5.73 Å². The largest absolute Gasteiger partial charge is 0.456 e. The third kappa shape index (κ3) is 3.31. The fraction of sp³-hybridized carbons (Fsp3) is 0.214. The molecule has 0 saturated heterocycles. The Morgan fingerprint density at radius 1 is 1.28 bits per heavy atom. The van der Waals surface area contributed by atoms with Gasteiger partial charge in [-0.1, -0.05) is 28.9 Å². The van der Waals surface area contributed by atoms with Gasteiger partial charge in [0.1, 0.15) is 11.5 Å². The van der Waals surface area contributed by atoms with E-state index in [1.165, 1.54) is 0 Å². The summed E-state index contributed by atoms with van der Waals surface area (Å²) in [5, 5.41) is 0. The molecule has 1 aromatic carbocycles. The van der Waals surface area contributed by atoms with Crippen LogP contribution in [0.1, 0.15) is 25.1 Å². The molecule has 0 radical (unpaired) electrons. The zero-order valence-electron chi connectivity index (χ0n) is 10.1. The van der Waals surface area contributed by atoms with E-state index >= 15 is 0 Å². The minimum absolute atomic E-state index is 0.00933. The number of benzene rings is 1. The highest BCUT2D eigenvalue weighted by Crippen LogP contribution is 2.24. The van der Waals surface area contributed by atoms with Crippen LogP contribution in [0, 0.1) is 0 Å². The van der Waals surface area contributed by atoms with E-state index in [1.54, 1.807) is 6.20 Å². The summed E-state index contributed by atoms with van der Waals surface area (Å²) in [4.78, 5) is 4.31. The van der Waals surface area contributed by atoms with Crippen molar-refractivity contribution in [2.75, 3.05) is 0 Å². The lowest BCUT2D eigenvalue weighted by Crippen LogP contribution is -2.10. The van der Waals surface area contributed by atoms with E-state index in [1.807, 2.05) is 43.3 Å². The normalized spacial score (nSPS) is 12.2. The maximum atomic E-state index is 5.91. The number of halogens is 1. The maximum Gasteiger partial charge on any atom is 0.145 e. The molecule has 18 heavy (non-hydrogen) atoms. The van der Waals surface area contributed by atoms with E-state index in [4.69, 9.17) is 10.5 Å². The van der Waals surface area contributed by atoms with Gasteiger partial charge in [-0.2, -0.15) is 0 Å². The first-order valence-electron chi connectivity index (χ1n) is 5.84. The molecule has 94 valence electrons. The molecule has 0 aliphatic carbocycles. The summed E-state index contributed by atoms with van der Waals surface area (Å²) in [5.74, 6) is 1.49. The lowest BCUT2D eigenvalue weighted by molar-refractivity contribution is 0.478. The summed E-state index contributed by atoms with van der Waals surface area (Å²) < 4.78 is 6.68. The Morgan fingerprint density at radius 3 is 2.72 bits per heavy atom. The second kappa shape index (κ2) is 5.98. The second-order valence-electron chi connectivity index (χ2n) is 3.99. The zero-order valence-corrected chi connectivity index (χ0v) is 11.7. The number of aromatic nitrogens is 1. The summed E-state index contributed by atoms with van der Waals surface area (Å²) in [6.07, 6.45) is 2.57. The van der Waals surface area contributed by atoms with Gasteiger partial charge in [0.15, 0.2) is 0 Å². The van der Waals surface area contributed by atoms with Crippen LogP contribution in [0.15, 0.2) is 47.1 Å². The van der Waals surface area contributed by atoms with Crippen molar-refractivity contribution in [3.05, 3.63) is 52.8 Å². The maximum absolute atomic E-state index is 5.91. The third-order valence-electron chi connectivity index (χ3n) is 2.61. The highest BCUT2D eigenvalue weighted by Gasteiger charge is 2.05. The molecule has 0 unspecified atom stereocenters. The van der Waals surface area contributed by atoms with Crippen LogP contribution >= 0.6 is 15.9 Å². The van der Waals surface area contributed by atoms with Gasteiger partial charge >= 0.3 is 0 Å². The van der Waals surface area contributed by atoms with E-state index in [0.717, 1.165) is 22.3 Å². The topological polar surface area (TPSA) is 48.1 Å². The Kier molecular flexibility index (Phi) is 4.33. The summed E-state index contributed by atoms with van der Waals surface area (Å²) in [6.45, 7) is 2.04. The van der Waals surface area contributed by atoms with Crippen molar-refractivity contribution in [1.29, 1.82) is 0 Å². The molecule has 2 aromatic rings. The number of rotatable bonds is 4. The van der Waals surface area contributed by atoms with Gasteiger partial charge in [0.2, 0.25) is 0 Å². The predicted octanol–water partition coefficient (Wildman–Crippen LogP) is 4.05. The van der Waals surface area contributed by atoms with Crippen LogP contribution in [-0.4, -0.2) is 4.98 Å². The van der Waals surface area contributed by atoms with Gasteiger partial charge in [-0.3, -0.25) is 4.98 Å². The first-order valence-corrected chi connectivity index (χ1v) is 6.63. The molecular weight excluding hydrogens is 292 g/mol. The predicted molar refractivity (Wildman–Crippen MR) is 75.7 cm³/mol. The summed E-state index contributed by atoms with van der Waals surface area (Å²) >= 11 is 3.40. The Bertz CT molecular complexity index is 513. The van der Waals surface area contributed by atoms with Crippen molar-refractivity contribution in [3.8, 4) is 11.5 Å². The quantitative estimate of drug-likeness (QED) is 0.927. The van der Waals surface area contributed by atoms with Crippen molar-refractivity contribution >= 4 is 15.9 Å². The zero-order chi connectivity index (χ0) is 13.0. The highest BCUT2D eigenvalue weighted by atomic mass is 79.9. The molecule has 0 fully saturated rings. The van der Waals surface area contributed by atoms with Gasteiger partial charge in [-0.25, -0.2) is 0 Å². The molecule has 0 saturated carbocycles. The summed E-state index contributed by atoms with van der Waals surface area (Å²) in [5.41, 5.74) is 6.80. The van der Waals surface area contributed by atoms with E-state index in [0.29, 0.717) is 5.75 Å². The van der Waals surface area contributed by atoms with Crippen LogP contribution in [0.4, 0.5) is 0 Å². The number of hydrogen-bond donors (Lipinski definition) is 1. The molecule has 2 N–H and O–H groups in total. The van der Waals surface area contributed by atoms with Crippen LogP contribution in [0.2, 0.25) is 0 Å². The van der Waals surface area contributed by atoms with E-state index in [2.05, 4.69) is 20.9 Å². The van der Waals surface area contributed by atoms with Crippen LogP contribution in [0.25, 0.3) is 0 Å². The molecule has 0 bridgehead atoms. The molecule has 0 aliphatic rings. The molecule has 1 heterocycles. The number of ether oxygens (including phenoxy) is 1. The van der Waals surface area contributed by atoms with Crippen LogP contribution in [0.3, 0.4) is 0 Å². The van der Waals surface area contributed by atoms with Crippen molar-refractivity contribution in [2.45, 2.75) is 19.4 Å². The molecule has 0 amide bonds. The minimum Gasteiger partial charge on any atom is -0.456 e. The van der Waals surface area contributed by atoms with E-state index < -0.39 is 0 Å². The Morgan fingerprint density at radius 2 is 2.11 bits per heavy atom. The number of nitrogens with two attached hydrogens (primary N) is 1. The number of hydrogen-bond acceptors (Lipinski definition) is 3. The molecule has 4 heteroatoms. The summed E-state index contributed by atoms with van der Waals surface area (Å²) in [6, 6.07) is 11.5. The van der Waals surface area contributed by atoms with E-state index in [9.17, 15) is 0 Å². The lowest BCUT2D eigenvalue weighted by atomic mass is 10.1. The van der Waals surface area contributed by atoms with Crippen LogP contribution < -0.4 is 10.5 Å². The number of pyridine rings is 1. The SMILES string of the molecule is CC[C@@H](N)c1ccc(Oc2cccc(Br)c2)cn1. The number of nitrogens with zero attached hydrogens (tertiary/aromatic N) is 1. The van der Waals surface area contributed by atoms with Crippen molar-refractivity contribution < 1.29 is 4.74 Å². The van der Waals surface area contributed by atoms with Gasteiger partial charge in [-0.15, -0.1) is 0 Å². The molecular formula is C14H15BrN2O. The molecule has 0 aliphatic heterocycles. The van der Waals surface area contributed by atoms with Crippen LogP contribution in [0.5, 0.6) is 11.5 Å². The first-order chi connectivity index (χ1) is 8.69. The molecule has 0 spiro atoms. The van der Waals surface area contributed by atoms with Crippen molar-refractivity contribution in [3.63, 3.8) is 0 Å². The average molecular weight is 307 g/mol.